The number of benzene rings is 3. The molecule has 3 aromatic rings. The molecular formula is C25H26N2O2. The first-order chi connectivity index (χ1) is 14.0. The van der Waals surface area contributed by atoms with Crippen molar-refractivity contribution in [3.05, 3.63) is 76.9 Å². The average Bonchev–Trinajstić information content (AvgIpc) is 3.24. The summed E-state index contributed by atoms with van der Waals surface area (Å²) in [6, 6.07) is 18.2. The number of fused-ring (bicyclic) bond motifs is 5. The molecule has 0 amide bonds. The number of rotatable bonds is 4. The Bertz CT molecular complexity index is 1090. The molecule has 0 heterocycles. The first-order valence-electron chi connectivity index (χ1n) is 10.2. The predicted octanol–water partition coefficient (Wildman–Crippen LogP) is 5.68. The zero-order valence-corrected chi connectivity index (χ0v) is 16.8. The number of anilines is 2. The van der Waals surface area contributed by atoms with Crippen molar-refractivity contribution in [2.24, 2.45) is 0 Å². The molecule has 1 fully saturated rings. The minimum atomic E-state index is 0.133. The third-order valence-corrected chi connectivity index (χ3v) is 6.50. The van der Waals surface area contributed by atoms with Crippen LogP contribution < -0.4 is 20.9 Å². The lowest BCUT2D eigenvalue weighted by Gasteiger charge is -2.20. The highest BCUT2D eigenvalue weighted by molar-refractivity contribution is 5.60. The van der Waals surface area contributed by atoms with Gasteiger partial charge in [0.25, 0.3) is 0 Å². The van der Waals surface area contributed by atoms with E-state index in [9.17, 15) is 0 Å². The maximum atomic E-state index is 6.46. The van der Waals surface area contributed by atoms with Gasteiger partial charge in [-0.2, -0.15) is 0 Å². The predicted molar refractivity (Wildman–Crippen MR) is 117 cm³/mol. The van der Waals surface area contributed by atoms with Gasteiger partial charge >= 0.3 is 0 Å². The monoisotopic (exact) mass is 386 g/mol. The summed E-state index contributed by atoms with van der Waals surface area (Å²) in [4.78, 5) is 0. The Balaban J connectivity index is 1.42. The number of para-hydroxylation sites is 2. The Kier molecular flexibility index (Phi) is 4.16. The van der Waals surface area contributed by atoms with E-state index in [1.165, 1.54) is 11.1 Å². The van der Waals surface area contributed by atoms with Crippen molar-refractivity contribution in [1.82, 2.24) is 0 Å². The highest BCUT2D eigenvalue weighted by Gasteiger charge is 2.47. The van der Waals surface area contributed by atoms with Gasteiger partial charge < -0.3 is 20.9 Å². The van der Waals surface area contributed by atoms with Crippen LogP contribution in [0.2, 0.25) is 0 Å². The Morgan fingerprint density at radius 1 is 0.759 bits per heavy atom. The zero-order valence-electron chi connectivity index (χ0n) is 16.8. The summed E-state index contributed by atoms with van der Waals surface area (Å²) in [7, 11) is 0. The molecule has 148 valence electrons. The Labute approximate surface area is 171 Å². The van der Waals surface area contributed by atoms with Crippen molar-refractivity contribution in [2.75, 3.05) is 11.5 Å². The molecule has 5 rings (SSSR count). The van der Waals surface area contributed by atoms with E-state index in [0.717, 1.165) is 41.2 Å². The minimum Gasteiger partial charge on any atom is -0.487 e. The molecule has 29 heavy (non-hydrogen) atoms. The lowest BCUT2D eigenvalue weighted by atomic mass is 9.92. The molecule has 4 heteroatoms. The van der Waals surface area contributed by atoms with Gasteiger partial charge in [0.15, 0.2) is 5.75 Å². The second-order valence-corrected chi connectivity index (χ2v) is 8.24. The van der Waals surface area contributed by atoms with Gasteiger partial charge in [-0.15, -0.1) is 0 Å². The smallest absolute Gasteiger partial charge is 0.150 e. The molecule has 0 saturated heterocycles. The van der Waals surface area contributed by atoms with E-state index < -0.39 is 0 Å². The van der Waals surface area contributed by atoms with E-state index in [-0.39, 0.29) is 6.10 Å². The molecule has 2 aliphatic carbocycles. The molecule has 1 saturated carbocycles. The van der Waals surface area contributed by atoms with Gasteiger partial charge in [0.1, 0.15) is 17.6 Å². The van der Waals surface area contributed by atoms with Crippen LogP contribution in [0.4, 0.5) is 11.4 Å². The molecular weight excluding hydrogens is 360 g/mol. The number of nitrogen functional groups attached to an aromatic ring is 2. The Hall–Kier alpha value is -3.14. The summed E-state index contributed by atoms with van der Waals surface area (Å²) in [5.41, 5.74) is 18.6. The van der Waals surface area contributed by atoms with Gasteiger partial charge in [0.2, 0.25) is 0 Å². The first kappa shape index (κ1) is 17.9. The molecule has 4 nitrogen and oxygen atoms in total. The normalized spacial score (nSPS) is 21.8. The fourth-order valence-corrected chi connectivity index (χ4v) is 4.85. The maximum absolute atomic E-state index is 6.46. The summed E-state index contributed by atoms with van der Waals surface area (Å²) in [5, 5.41) is 0. The summed E-state index contributed by atoms with van der Waals surface area (Å²) in [6.07, 6.45) is 2.41. The zero-order chi connectivity index (χ0) is 20.1. The standard InChI is InChI=1S/C25H26N2O2/c1-14-5-3-7-21(23(14)26)28-16-9-10-17-18-11-12-19(20(17)13-16)25(18)29-22-8-4-6-15(2)24(22)27/h3-10,13,18-19,25H,11-12,26-27H2,1-2H3. The largest absolute Gasteiger partial charge is 0.487 e. The lowest BCUT2D eigenvalue weighted by molar-refractivity contribution is 0.187. The average molecular weight is 386 g/mol. The van der Waals surface area contributed by atoms with E-state index in [2.05, 4.69) is 12.1 Å². The lowest BCUT2D eigenvalue weighted by Crippen LogP contribution is -2.20. The van der Waals surface area contributed by atoms with Gasteiger partial charge in [-0.05, 0) is 73.2 Å². The molecule has 4 N–H and O–H groups in total. The van der Waals surface area contributed by atoms with Crippen LogP contribution in [0.3, 0.4) is 0 Å². The van der Waals surface area contributed by atoms with Crippen molar-refractivity contribution >= 4 is 11.4 Å². The van der Waals surface area contributed by atoms with Gasteiger partial charge in [-0.3, -0.25) is 0 Å². The van der Waals surface area contributed by atoms with Crippen LogP contribution in [0, 0.1) is 13.8 Å². The third kappa shape index (κ3) is 2.91. The Morgan fingerprint density at radius 3 is 2.10 bits per heavy atom. The van der Waals surface area contributed by atoms with Gasteiger partial charge in [0.05, 0.1) is 11.4 Å². The SMILES string of the molecule is Cc1cccc(Oc2ccc3c(c2)C2CCC3C2Oc2cccc(C)c2N)c1N. The molecule has 3 aromatic carbocycles. The van der Waals surface area contributed by atoms with E-state index >= 15 is 0 Å². The highest BCUT2D eigenvalue weighted by atomic mass is 16.5. The van der Waals surface area contributed by atoms with Crippen molar-refractivity contribution in [3.8, 4) is 17.2 Å². The molecule has 0 aromatic heterocycles. The number of aryl methyl sites for hydroxylation is 2. The third-order valence-electron chi connectivity index (χ3n) is 6.50. The summed E-state index contributed by atoms with van der Waals surface area (Å²) < 4.78 is 12.6. The van der Waals surface area contributed by atoms with E-state index in [1.54, 1.807) is 0 Å². The van der Waals surface area contributed by atoms with Crippen LogP contribution in [0.1, 0.15) is 46.9 Å². The summed E-state index contributed by atoms with van der Waals surface area (Å²) in [5.74, 6) is 3.10. The summed E-state index contributed by atoms with van der Waals surface area (Å²) >= 11 is 0. The van der Waals surface area contributed by atoms with Crippen molar-refractivity contribution in [3.63, 3.8) is 0 Å². The Morgan fingerprint density at radius 2 is 1.38 bits per heavy atom. The van der Waals surface area contributed by atoms with Gasteiger partial charge in [0, 0.05) is 11.8 Å². The number of hydrogen-bond acceptors (Lipinski definition) is 4. The number of hydrogen-bond donors (Lipinski definition) is 2. The fraction of sp³-hybridized carbons (Fsp3) is 0.280. The van der Waals surface area contributed by atoms with Crippen LogP contribution in [-0.2, 0) is 0 Å². The minimum absolute atomic E-state index is 0.133. The van der Waals surface area contributed by atoms with Crippen molar-refractivity contribution in [1.29, 1.82) is 0 Å². The molecule has 2 aliphatic rings. The first-order valence-corrected chi connectivity index (χ1v) is 10.2. The van der Waals surface area contributed by atoms with Crippen molar-refractivity contribution < 1.29 is 9.47 Å². The van der Waals surface area contributed by atoms with Crippen LogP contribution >= 0.6 is 0 Å². The molecule has 2 bridgehead atoms. The van der Waals surface area contributed by atoms with Gasteiger partial charge in [-0.25, -0.2) is 0 Å². The molecule has 3 atom stereocenters. The number of nitrogens with two attached hydrogens (primary N) is 2. The topological polar surface area (TPSA) is 70.5 Å². The number of ether oxygens (including phenoxy) is 2. The summed E-state index contributed by atoms with van der Waals surface area (Å²) in [6.45, 7) is 4.00. The second kappa shape index (κ2) is 6.73. The maximum Gasteiger partial charge on any atom is 0.150 e. The van der Waals surface area contributed by atoms with E-state index in [1.807, 2.05) is 56.3 Å². The quantitative estimate of drug-likeness (QED) is 0.566. The fourth-order valence-electron chi connectivity index (χ4n) is 4.85. The van der Waals surface area contributed by atoms with E-state index in [4.69, 9.17) is 20.9 Å². The van der Waals surface area contributed by atoms with Gasteiger partial charge in [-0.1, -0.05) is 30.3 Å². The van der Waals surface area contributed by atoms with Crippen LogP contribution in [0.5, 0.6) is 17.2 Å². The highest BCUT2D eigenvalue weighted by Crippen LogP contribution is 2.55. The molecule has 3 unspecified atom stereocenters. The molecule has 0 aliphatic heterocycles. The van der Waals surface area contributed by atoms with E-state index in [0.29, 0.717) is 23.3 Å². The second-order valence-electron chi connectivity index (χ2n) is 8.24. The van der Waals surface area contributed by atoms with Crippen LogP contribution in [-0.4, -0.2) is 6.10 Å². The molecule has 0 radical (unpaired) electrons. The molecule has 0 spiro atoms. The van der Waals surface area contributed by atoms with Crippen LogP contribution in [0.15, 0.2) is 54.6 Å². The van der Waals surface area contributed by atoms with Crippen LogP contribution in [0.25, 0.3) is 0 Å². The van der Waals surface area contributed by atoms with Crippen molar-refractivity contribution in [2.45, 2.75) is 44.6 Å².